The molecule has 0 radical (unpaired) electrons. The fraction of sp³-hybridized carbons (Fsp3) is 0.188. The Balaban J connectivity index is 2.18. The number of carbonyl (C=O) groups is 1. The number of carbonyl (C=O) groups excluding carboxylic acids is 1. The molecule has 0 fully saturated rings. The summed E-state index contributed by atoms with van der Waals surface area (Å²) in [6, 6.07) is 5.81. The van der Waals surface area contributed by atoms with E-state index in [0.717, 1.165) is 12.1 Å². The van der Waals surface area contributed by atoms with Gasteiger partial charge in [-0.25, -0.2) is 13.6 Å². The van der Waals surface area contributed by atoms with Crippen LogP contribution in [0.1, 0.15) is 15.9 Å². The van der Waals surface area contributed by atoms with Gasteiger partial charge in [-0.2, -0.15) is 0 Å². The van der Waals surface area contributed by atoms with E-state index in [1.807, 2.05) is 0 Å². The van der Waals surface area contributed by atoms with E-state index in [2.05, 4.69) is 15.9 Å². The van der Waals surface area contributed by atoms with Crippen LogP contribution in [0.15, 0.2) is 34.8 Å². The first-order chi connectivity index (χ1) is 10.9. The molecule has 2 rings (SSSR count). The van der Waals surface area contributed by atoms with E-state index in [0.29, 0.717) is 27.6 Å². The first-order valence-corrected chi connectivity index (χ1v) is 7.27. The maximum absolute atomic E-state index is 13.1. The van der Waals surface area contributed by atoms with E-state index in [1.165, 1.54) is 14.2 Å². The van der Waals surface area contributed by atoms with Gasteiger partial charge in [0.2, 0.25) is 0 Å². The van der Waals surface area contributed by atoms with Gasteiger partial charge in [0.15, 0.2) is 0 Å². The topological polar surface area (TPSA) is 44.8 Å². The summed E-state index contributed by atoms with van der Waals surface area (Å²) in [7, 11) is 2.97. The Labute approximate surface area is 140 Å². The Morgan fingerprint density at radius 2 is 1.61 bits per heavy atom. The monoisotopic (exact) mass is 386 g/mol. The second-order valence-electron chi connectivity index (χ2n) is 4.53. The lowest BCUT2D eigenvalue weighted by atomic mass is 10.2. The van der Waals surface area contributed by atoms with Gasteiger partial charge in [-0.3, -0.25) is 0 Å². The standard InChI is InChI=1S/C16H13BrF2O4/c1-21-14-7-13(17)15(22-2)5-10(14)8-23-16(20)9-3-11(18)6-12(19)4-9/h3-7H,8H2,1-2H3. The molecule has 0 aliphatic heterocycles. The van der Waals surface area contributed by atoms with Gasteiger partial charge >= 0.3 is 5.97 Å². The Bertz CT molecular complexity index is 714. The number of hydrogen-bond acceptors (Lipinski definition) is 4. The van der Waals surface area contributed by atoms with Crippen molar-refractivity contribution in [2.45, 2.75) is 6.61 Å². The average molecular weight is 387 g/mol. The minimum absolute atomic E-state index is 0.135. The zero-order valence-electron chi connectivity index (χ0n) is 12.4. The Morgan fingerprint density at radius 3 is 2.17 bits per heavy atom. The van der Waals surface area contributed by atoms with Crippen molar-refractivity contribution in [1.82, 2.24) is 0 Å². The van der Waals surface area contributed by atoms with Crippen LogP contribution in [0.5, 0.6) is 11.5 Å². The summed E-state index contributed by atoms with van der Waals surface area (Å²) in [6.07, 6.45) is 0. The molecule has 122 valence electrons. The zero-order valence-corrected chi connectivity index (χ0v) is 13.9. The molecular weight excluding hydrogens is 374 g/mol. The van der Waals surface area contributed by atoms with Gasteiger partial charge < -0.3 is 14.2 Å². The molecule has 0 bridgehead atoms. The molecule has 0 N–H and O–H groups in total. The highest BCUT2D eigenvalue weighted by Gasteiger charge is 2.14. The predicted octanol–water partition coefficient (Wildman–Crippen LogP) is 4.10. The summed E-state index contributed by atoms with van der Waals surface area (Å²) in [5, 5.41) is 0. The number of methoxy groups -OCH3 is 2. The molecule has 0 spiro atoms. The summed E-state index contributed by atoms with van der Waals surface area (Å²) in [6.45, 7) is -0.135. The first kappa shape index (κ1) is 17.2. The van der Waals surface area contributed by atoms with Crippen molar-refractivity contribution in [1.29, 1.82) is 0 Å². The maximum Gasteiger partial charge on any atom is 0.338 e. The number of ether oxygens (including phenoxy) is 3. The fourth-order valence-electron chi connectivity index (χ4n) is 1.93. The van der Waals surface area contributed by atoms with Crippen molar-refractivity contribution in [2.75, 3.05) is 14.2 Å². The lowest BCUT2D eigenvalue weighted by Gasteiger charge is -2.12. The molecular formula is C16H13BrF2O4. The van der Waals surface area contributed by atoms with Crippen LogP contribution in [0.4, 0.5) is 8.78 Å². The lowest BCUT2D eigenvalue weighted by molar-refractivity contribution is 0.0468. The van der Waals surface area contributed by atoms with Crippen molar-refractivity contribution in [3.8, 4) is 11.5 Å². The summed E-state index contributed by atoms with van der Waals surface area (Å²) in [5.74, 6) is -1.52. The summed E-state index contributed by atoms with van der Waals surface area (Å²) in [4.78, 5) is 11.9. The molecule has 2 aromatic rings. The second-order valence-corrected chi connectivity index (χ2v) is 5.39. The van der Waals surface area contributed by atoms with E-state index in [4.69, 9.17) is 14.2 Å². The van der Waals surface area contributed by atoms with Crippen LogP contribution in [0.25, 0.3) is 0 Å². The third-order valence-corrected chi connectivity index (χ3v) is 3.63. The van der Waals surface area contributed by atoms with E-state index in [9.17, 15) is 13.6 Å². The summed E-state index contributed by atoms with van der Waals surface area (Å²) in [5.41, 5.74) is 0.350. The highest BCUT2D eigenvalue weighted by Crippen LogP contribution is 2.33. The molecule has 0 unspecified atom stereocenters. The molecule has 0 heterocycles. The van der Waals surface area contributed by atoms with Crippen LogP contribution in [0.3, 0.4) is 0 Å². The molecule has 4 nitrogen and oxygen atoms in total. The van der Waals surface area contributed by atoms with E-state index in [-0.39, 0.29) is 12.2 Å². The molecule has 0 aromatic heterocycles. The Morgan fingerprint density at radius 1 is 1.00 bits per heavy atom. The largest absolute Gasteiger partial charge is 0.496 e. The summed E-state index contributed by atoms with van der Waals surface area (Å²) >= 11 is 3.32. The Kier molecular flexibility index (Phi) is 5.54. The number of benzene rings is 2. The van der Waals surface area contributed by atoms with Crippen molar-refractivity contribution >= 4 is 21.9 Å². The molecule has 2 aromatic carbocycles. The van der Waals surface area contributed by atoms with E-state index >= 15 is 0 Å². The first-order valence-electron chi connectivity index (χ1n) is 6.48. The average Bonchev–Trinajstić information content (AvgIpc) is 2.51. The van der Waals surface area contributed by atoms with Crippen LogP contribution in [-0.4, -0.2) is 20.2 Å². The number of hydrogen-bond donors (Lipinski definition) is 0. The molecule has 7 heteroatoms. The third-order valence-electron chi connectivity index (χ3n) is 3.01. The van der Waals surface area contributed by atoms with Gasteiger partial charge in [-0.15, -0.1) is 0 Å². The van der Waals surface area contributed by atoms with Gasteiger partial charge in [0, 0.05) is 11.6 Å². The predicted molar refractivity (Wildman–Crippen MR) is 82.7 cm³/mol. The molecule has 0 aliphatic carbocycles. The second kappa shape index (κ2) is 7.41. The molecule has 0 amide bonds. The maximum atomic E-state index is 13.1. The van der Waals surface area contributed by atoms with Crippen molar-refractivity contribution in [2.24, 2.45) is 0 Å². The quantitative estimate of drug-likeness (QED) is 0.725. The highest BCUT2D eigenvalue weighted by atomic mass is 79.9. The number of rotatable bonds is 5. The van der Waals surface area contributed by atoms with Crippen LogP contribution >= 0.6 is 15.9 Å². The van der Waals surface area contributed by atoms with Crippen LogP contribution in [0, 0.1) is 11.6 Å². The van der Waals surface area contributed by atoms with Gasteiger partial charge in [-0.05, 0) is 40.2 Å². The molecule has 0 aliphatic rings. The van der Waals surface area contributed by atoms with Crippen LogP contribution < -0.4 is 9.47 Å². The minimum atomic E-state index is -0.847. The van der Waals surface area contributed by atoms with Crippen molar-refractivity contribution < 1.29 is 27.8 Å². The Hall–Kier alpha value is -2.15. The van der Waals surface area contributed by atoms with Crippen molar-refractivity contribution in [3.63, 3.8) is 0 Å². The highest BCUT2D eigenvalue weighted by molar-refractivity contribution is 9.10. The summed E-state index contributed by atoms with van der Waals surface area (Å²) < 4.78 is 42.4. The third kappa shape index (κ3) is 4.19. The number of esters is 1. The van der Waals surface area contributed by atoms with E-state index in [1.54, 1.807) is 12.1 Å². The minimum Gasteiger partial charge on any atom is -0.496 e. The normalized spacial score (nSPS) is 10.3. The lowest BCUT2D eigenvalue weighted by Crippen LogP contribution is -2.07. The van der Waals surface area contributed by atoms with Gasteiger partial charge in [0.05, 0.1) is 24.3 Å². The van der Waals surface area contributed by atoms with Crippen LogP contribution in [0.2, 0.25) is 0 Å². The molecule has 0 atom stereocenters. The number of halogens is 3. The SMILES string of the molecule is COc1cc(COC(=O)c2cc(F)cc(F)c2)c(OC)cc1Br. The van der Waals surface area contributed by atoms with Gasteiger partial charge in [-0.1, -0.05) is 0 Å². The van der Waals surface area contributed by atoms with Gasteiger partial charge in [0.1, 0.15) is 29.7 Å². The van der Waals surface area contributed by atoms with E-state index < -0.39 is 17.6 Å². The smallest absolute Gasteiger partial charge is 0.338 e. The zero-order chi connectivity index (χ0) is 17.0. The van der Waals surface area contributed by atoms with Gasteiger partial charge in [0.25, 0.3) is 0 Å². The molecule has 0 saturated heterocycles. The fourth-order valence-corrected chi connectivity index (χ4v) is 2.42. The molecule has 23 heavy (non-hydrogen) atoms. The van der Waals surface area contributed by atoms with Crippen LogP contribution in [-0.2, 0) is 11.3 Å². The molecule has 0 saturated carbocycles. The van der Waals surface area contributed by atoms with Crippen molar-refractivity contribution in [3.05, 3.63) is 57.6 Å².